The number of amides is 5. The van der Waals surface area contributed by atoms with Crippen LogP contribution in [0.25, 0.3) is 11.0 Å². The highest BCUT2D eigenvalue weighted by atomic mass is 16.5. The SMILES string of the molecule is CCC(=O)NC1CCC(n2c(=O)cc(C)c3cnc(Nc4ccc(N5CCN(C(=O)CCCCCC#Cc6ccc7c(c6)CN(C6CCC(=O)NC6=O)C7=O)CC5)cc4OC)nc32)CC1. The minimum Gasteiger partial charge on any atom is -0.494 e. The normalized spacial score (nSPS) is 19.6. The predicted octanol–water partition coefficient (Wildman–Crippen LogP) is 5.27. The number of rotatable bonds is 13. The Kier molecular flexibility index (Phi) is 13.8. The van der Waals surface area contributed by atoms with Crippen molar-refractivity contribution in [3.05, 3.63) is 81.3 Å². The summed E-state index contributed by atoms with van der Waals surface area (Å²) in [6.45, 7) is 6.72. The van der Waals surface area contributed by atoms with E-state index in [1.54, 1.807) is 30.0 Å². The number of carbonyl (C=O) groups excluding carboxylic acids is 5. The molecule has 2 aromatic heterocycles. The molecule has 2 aromatic carbocycles. The minimum absolute atomic E-state index is 0.0328. The van der Waals surface area contributed by atoms with Gasteiger partial charge in [0.25, 0.3) is 11.5 Å². The van der Waals surface area contributed by atoms with Crippen LogP contribution < -0.4 is 31.1 Å². The molecule has 1 atom stereocenters. The number of hydrogen-bond donors (Lipinski definition) is 3. The van der Waals surface area contributed by atoms with E-state index >= 15 is 0 Å². The van der Waals surface area contributed by atoms with Gasteiger partial charge < -0.3 is 30.1 Å². The lowest BCUT2D eigenvalue weighted by atomic mass is 9.90. The number of aromatic nitrogens is 3. The molecule has 0 spiro atoms. The van der Waals surface area contributed by atoms with Gasteiger partial charge in [-0.25, -0.2) is 4.98 Å². The fraction of sp³-hybridized carbons (Fsp3) is 0.469. The van der Waals surface area contributed by atoms with E-state index in [-0.39, 0.29) is 47.7 Å². The number of methoxy groups -OCH3 is 1. The monoisotopic (exact) mass is 883 g/mol. The molecule has 1 saturated carbocycles. The van der Waals surface area contributed by atoms with Crippen LogP contribution in [0.3, 0.4) is 0 Å². The number of piperidine rings is 1. The van der Waals surface area contributed by atoms with Crippen LogP contribution in [0, 0.1) is 18.8 Å². The molecule has 4 aromatic rings. The number of ether oxygens (including phenoxy) is 1. The van der Waals surface area contributed by atoms with Crippen molar-refractivity contribution in [1.82, 2.24) is 35.0 Å². The van der Waals surface area contributed by atoms with Gasteiger partial charge in [0.05, 0.1) is 12.8 Å². The number of hydrogen-bond acceptors (Lipinski definition) is 11. The van der Waals surface area contributed by atoms with Crippen molar-refractivity contribution in [2.75, 3.05) is 43.5 Å². The van der Waals surface area contributed by atoms with Gasteiger partial charge in [-0.3, -0.25) is 38.7 Å². The van der Waals surface area contributed by atoms with Gasteiger partial charge in [-0.2, -0.15) is 4.98 Å². The maximum absolute atomic E-state index is 13.4. The van der Waals surface area contributed by atoms with E-state index in [0.29, 0.717) is 87.0 Å². The Morgan fingerprint density at radius 3 is 2.49 bits per heavy atom. The summed E-state index contributed by atoms with van der Waals surface area (Å²) in [6.07, 6.45) is 9.65. The van der Waals surface area contributed by atoms with E-state index in [1.165, 1.54) is 4.90 Å². The van der Waals surface area contributed by atoms with Crippen LogP contribution in [-0.4, -0.2) is 99.2 Å². The number of nitrogens with zero attached hydrogens (tertiary/aromatic N) is 6. The van der Waals surface area contributed by atoms with Gasteiger partial charge in [-0.05, 0) is 93.3 Å². The van der Waals surface area contributed by atoms with E-state index in [0.717, 1.165) is 72.7 Å². The minimum atomic E-state index is -0.641. The van der Waals surface area contributed by atoms with Gasteiger partial charge in [0.2, 0.25) is 29.6 Å². The molecule has 16 nitrogen and oxygen atoms in total. The number of unbranched alkanes of at least 4 members (excludes halogenated alkanes) is 3. The van der Waals surface area contributed by atoms with E-state index < -0.39 is 11.9 Å². The van der Waals surface area contributed by atoms with Crippen LogP contribution in [-0.2, 0) is 25.7 Å². The van der Waals surface area contributed by atoms with Crippen molar-refractivity contribution in [3.8, 4) is 17.6 Å². The smallest absolute Gasteiger partial charge is 0.255 e. The second kappa shape index (κ2) is 20.0. The molecule has 0 bridgehead atoms. The summed E-state index contributed by atoms with van der Waals surface area (Å²) in [7, 11) is 1.62. The third-order valence-corrected chi connectivity index (χ3v) is 13.1. The Morgan fingerprint density at radius 2 is 1.74 bits per heavy atom. The van der Waals surface area contributed by atoms with E-state index in [1.807, 2.05) is 49.1 Å². The fourth-order valence-electron chi connectivity index (χ4n) is 9.45. The highest BCUT2D eigenvalue weighted by molar-refractivity contribution is 6.05. The third-order valence-electron chi connectivity index (χ3n) is 13.1. The summed E-state index contributed by atoms with van der Waals surface area (Å²) in [4.78, 5) is 90.6. The second-order valence-electron chi connectivity index (χ2n) is 17.4. The maximum atomic E-state index is 13.4. The number of imide groups is 1. The predicted molar refractivity (Wildman–Crippen MR) is 246 cm³/mol. The Balaban J connectivity index is 0.790. The van der Waals surface area contributed by atoms with Gasteiger partial charge in [0, 0.05) is 111 Å². The number of benzene rings is 2. The molecular formula is C49H57N9O7. The summed E-state index contributed by atoms with van der Waals surface area (Å²) in [5.74, 6) is 6.67. The van der Waals surface area contributed by atoms with Gasteiger partial charge in [0.1, 0.15) is 17.4 Å². The van der Waals surface area contributed by atoms with Crippen LogP contribution in [0.15, 0.2) is 53.5 Å². The van der Waals surface area contributed by atoms with Crippen LogP contribution in [0.5, 0.6) is 5.75 Å². The standard InChI is InChI=1S/C49H57N9O7/c1-4-42(59)51-34-13-15-35(16-14-34)58-45(62)26-31(2)38-29-50-49(54-46(38)58)52-39-19-17-36(28-41(39)65-3)55-22-24-56(25-23-55)44(61)11-9-7-5-6-8-10-32-12-18-37-33(27-32)30-57(48(37)64)40-20-21-43(60)53-47(40)63/h12,17-19,26-29,34-35,40H,4-7,9,11,13-16,20-25,30H2,1-3H3,(H,51,59)(H,50,52,54)(H,53,60,63). The molecule has 5 amide bonds. The highest BCUT2D eigenvalue weighted by Crippen LogP contribution is 2.34. The van der Waals surface area contributed by atoms with Crippen LogP contribution in [0.1, 0.15) is 117 Å². The molecular weight excluding hydrogens is 827 g/mol. The van der Waals surface area contributed by atoms with Crippen molar-refractivity contribution < 1.29 is 28.7 Å². The van der Waals surface area contributed by atoms with E-state index in [9.17, 15) is 28.8 Å². The quantitative estimate of drug-likeness (QED) is 0.0902. The lowest BCUT2D eigenvalue weighted by Gasteiger charge is -2.36. The Hall–Kier alpha value is -6.76. The zero-order valence-electron chi connectivity index (χ0n) is 37.4. The summed E-state index contributed by atoms with van der Waals surface area (Å²) >= 11 is 0. The number of nitrogens with one attached hydrogen (secondary N) is 3. The largest absolute Gasteiger partial charge is 0.494 e. The molecule has 0 radical (unpaired) electrons. The Bertz CT molecular complexity index is 2620. The molecule has 2 saturated heterocycles. The number of anilines is 3. The van der Waals surface area contributed by atoms with Gasteiger partial charge in [-0.15, -0.1) is 0 Å². The summed E-state index contributed by atoms with van der Waals surface area (Å²) in [6, 6.07) is 12.5. The van der Waals surface area contributed by atoms with Crippen LogP contribution in [0.4, 0.5) is 17.3 Å². The first-order valence-electron chi connectivity index (χ1n) is 22.9. The maximum Gasteiger partial charge on any atom is 0.255 e. The molecule has 16 heteroatoms. The molecule has 340 valence electrons. The fourth-order valence-corrected chi connectivity index (χ4v) is 9.45. The average Bonchev–Trinajstić information content (AvgIpc) is 3.63. The van der Waals surface area contributed by atoms with Crippen LogP contribution in [0.2, 0.25) is 0 Å². The van der Waals surface area contributed by atoms with E-state index in [4.69, 9.17) is 9.72 Å². The zero-order chi connectivity index (χ0) is 45.6. The number of piperazine rings is 1. The third kappa shape index (κ3) is 10.1. The topological polar surface area (TPSA) is 188 Å². The first-order chi connectivity index (χ1) is 31.5. The molecule has 3 aliphatic heterocycles. The van der Waals surface area contributed by atoms with Crippen molar-refractivity contribution in [1.29, 1.82) is 0 Å². The van der Waals surface area contributed by atoms with Crippen molar-refractivity contribution in [3.63, 3.8) is 0 Å². The highest BCUT2D eigenvalue weighted by Gasteiger charge is 2.39. The Morgan fingerprint density at radius 1 is 0.938 bits per heavy atom. The first kappa shape index (κ1) is 44.8. The molecule has 3 fully saturated rings. The second-order valence-corrected chi connectivity index (χ2v) is 17.4. The van der Waals surface area contributed by atoms with Gasteiger partial charge >= 0.3 is 0 Å². The Labute approximate surface area is 378 Å². The average molecular weight is 884 g/mol. The molecule has 4 aliphatic rings. The number of pyridine rings is 1. The molecule has 1 aliphatic carbocycles. The summed E-state index contributed by atoms with van der Waals surface area (Å²) in [5, 5.41) is 9.56. The number of carbonyl (C=O) groups is 5. The van der Waals surface area contributed by atoms with E-state index in [2.05, 4.69) is 37.7 Å². The lowest BCUT2D eigenvalue weighted by molar-refractivity contribution is -0.137. The summed E-state index contributed by atoms with van der Waals surface area (Å²) < 4.78 is 7.61. The zero-order valence-corrected chi connectivity index (χ0v) is 37.4. The van der Waals surface area contributed by atoms with Crippen molar-refractivity contribution in [2.24, 2.45) is 0 Å². The molecule has 8 rings (SSSR count). The summed E-state index contributed by atoms with van der Waals surface area (Å²) in [5.41, 5.74) is 5.19. The van der Waals surface area contributed by atoms with Gasteiger partial charge in [-0.1, -0.05) is 25.2 Å². The number of aryl methyl sites for hydroxylation is 1. The first-order valence-corrected chi connectivity index (χ1v) is 22.9. The number of fused-ring (bicyclic) bond motifs is 2. The molecule has 3 N–H and O–H groups in total. The lowest BCUT2D eigenvalue weighted by Crippen LogP contribution is -2.52. The van der Waals surface area contributed by atoms with Crippen molar-refractivity contribution in [2.45, 2.75) is 116 Å². The molecule has 1 unspecified atom stereocenters. The molecule has 65 heavy (non-hydrogen) atoms. The van der Waals surface area contributed by atoms with Crippen molar-refractivity contribution >= 4 is 57.9 Å². The molecule has 5 heterocycles. The van der Waals surface area contributed by atoms with Gasteiger partial charge in [0.15, 0.2) is 0 Å². The van der Waals surface area contributed by atoms with Crippen LogP contribution >= 0.6 is 0 Å².